The molecule has 0 aromatic heterocycles. The standard InChI is InChI=1S/C9H19F3O3Si2/c1-5-8(15-16(2,3)13)7(17(8,4)14)6-9(10,11)12/h7,13-14H,5-6H2,1-4H3. The maximum atomic E-state index is 12.4. The highest BCUT2D eigenvalue weighted by Gasteiger charge is 2.78. The van der Waals surface area contributed by atoms with E-state index in [9.17, 15) is 22.8 Å². The van der Waals surface area contributed by atoms with Crippen LogP contribution in [-0.2, 0) is 4.43 Å². The topological polar surface area (TPSA) is 49.7 Å². The Morgan fingerprint density at radius 3 is 2.18 bits per heavy atom. The lowest BCUT2D eigenvalue weighted by molar-refractivity contribution is -0.137. The average molecular weight is 288 g/mol. The summed E-state index contributed by atoms with van der Waals surface area (Å²) in [5, 5.41) is -1.12. The van der Waals surface area contributed by atoms with E-state index in [0.29, 0.717) is 6.42 Å². The third kappa shape index (κ3) is 2.92. The first-order chi connectivity index (χ1) is 7.36. The highest BCUT2D eigenvalue weighted by atomic mass is 28.4. The molecular weight excluding hydrogens is 269 g/mol. The quantitative estimate of drug-likeness (QED) is 0.780. The Labute approximate surface area is 101 Å². The summed E-state index contributed by atoms with van der Waals surface area (Å²) in [5.74, 6) is 0. The molecule has 3 atom stereocenters. The van der Waals surface area contributed by atoms with E-state index < -0.39 is 40.2 Å². The minimum absolute atomic E-state index is 0.309. The van der Waals surface area contributed by atoms with Crippen LogP contribution in [0.15, 0.2) is 0 Å². The molecule has 0 amide bonds. The first-order valence-corrected chi connectivity index (χ1v) is 11.0. The number of rotatable bonds is 4. The first kappa shape index (κ1) is 15.2. The monoisotopic (exact) mass is 288 g/mol. The SMILES string of the molecule is CCC1(O[Si](C)(C)O)C(CC(F)(F)F)[Si]1(C)O. The summed E-state index contributed by atoms with van der Waals surface area (Å²) in [6.45, 7) is 6.17. The number of hydrogen-bond donors (Lipinski definition) is 2. The second-order valence-corrected chi connectivity index (χ2v) is 12.2. The van der Waals surface area contributed by atoms with Crippen molar-refractivity contribution in [3.63, 3.8) is 0 Å². The molecule has 8 heteroatoms. The van der Waals surface area contributed by atoms with Crippen molar-refractivity contribution >= 4 is 16.9 Å². The fourth-order valence-electron chi connectivity index (χ4n) is 2.63. The molecule has 0 aliphatic carbocycles. The van der Waals surface area contributed by atoms with E-state index in [2.05, 4.69) is 0 Å². The highest BCUT2D eigenvalue weighted by Crippen LogP contribution is 2.64. The number of alkyl halides is 3. The Morgan fingerprint density at radius 2 is 1.88 bits per heavy atom. The van der Waals surface area contributed by atoms with Crippen LogP contribution in [0, 0.1) is 0 Å². The van der Waals surface area contributed by atoms with Gasteiger partial charge in [0.1, 0.15) is 0 Å². The summed E-state index contributed by atoms with van der Waals surface area (Å²) in [4.78, 5) is 19.9. The molecule has 1 fully saturated rings. The molecule has 0 saturated carbocycles. The van der Waals surface area contributed by atoms with Gasteiger partial charge in [0.05, 0.1) is 5.22 Å². The predicted molar refractivity (Wildman–Crippen MR) is 62.1 cm³/mol. The van der Waals surface area contributed by atoms with Crippen LogP contribution in [0.2, 0.25) is 25.2 Å². The van der Waals surface area contributed by atoms with E-state index in [-0.39, 0.29) is 0 Å². The lowest BCUT2D eigenvalue weighted by Gasteiger charge is -2.26. The van der Waals surface area contributed by atoms with Gasteiger partial charge in [-0.2, -0.15) is 13.2 Å². The third-order valence-corrected chi connectivity index (χ3v) is 8.71. The zero-order chi connectivity index (χ0) is 13.7. The van der Waals surface area contributed by atoms with Crippen LogP contribution in [0.3, 0.4) is 0 Å². The minimum atomic E-state index is -4.30. The van der Waals surface area contributed by atoms with Crippen LogP contribution >= 0.6 is 0 Å². The van der Waals surface area contributed by atoms with Crippen molar-refractivity contribution in [1.82, 2.24) is 0 Å². The lowest BCUT2D eigenvalue weighted by Crippen LogP contribution is -2.42. The van der Waals surface area contributed by atoms with E-state index in [0.717, 1.165) is 0 Å². The molecule has 1 heterocycles. The van der Waals surface area contributed by atoms with Crippen molar-refractivity contribution in [3.8, 4) is 0 Å². The van der Waals surface area contributed by atoms with Gasteiger partial charge in [-0.05, 0) is 26.1 Å². The van der Waals surface area contributed by atoms with Crippen LogP contribution in [-0.4, -0.2) is 37.9 Å². The molecular formula is C9H19F3O3Si2. The molecule has 0 aromatic rings. The van der Waals surface area contributed by atoms with Crippen LogP contribution in [0.1, 0.15) is 19.8 Å². The maximum Gasteiger partial charge on any atom is 0.389 e. The van der Waals surface area contributed by atoms with Crippen LogP contribution in [0.5, 0.6) is 0 Å². The van der Waals surface area contributed by atoms with Crippen molar-refractivity contribution in [3.05, 3.63) is 0 Å². The fourth-order valence-corrected chi connectivity index (χ4v) is 9.31. The van der Waals surface area contributed by atoms with Crippen molar-refractivity contribution < 1.29 is 27.2 Å². The summed E-state index contributed by atoms with van der Waals surface area (Å²) in [7, 11) is -6.01. The summed E-state index contributed by atoms with van der Waals surface area (Å²) in [6, 6.07) is 0. The second-order valence-electron chi connectivity index (χ2n) is 5.31. The van der Waals surface area contributed by atoms with Gasteiger partial charge in [-0.1, -0.05) is 6.92 Å². The summed E-state index contributed by atoms with van der Waals surface area (Å²) >= 11 is 0. The van der Waals surface area contributed by atoms with Crippen LogP contribution in [0.25, 0.3) is 0 Å². The molecule has 1 saturated heterocycles. The molecule has 3 unspecified atom stereocenters. The van der Waals surface area contributed by atoms with Crippen molar-refractivity contribution in [2.75, 3.05) is 0 Å². The van der Waals surface area contributed by atoms with Crippen LogP contribution in [0.4, 0.5) is 13.2 Å². The molecule has 1 aliphatic rings. The van der Waals surface area contributed by atoms with Crippen molar-refractivity contribution in [2.45, 2.75) is 56.3 Å². The molecule has 0 radical (unpaired) electrons. The molecule has 3 nitrogen and oxygen atoms in total. The van der Waals surface area contributed by atoms with E-state index in [1.807, 2.05) is 0 Å². The van der Waals surface area contributed by atoms with Gasteiger partial charge in [0.2, 0.25) is 8.32 Å². The molecule has 102 valence electrons. The van der Waals surface area contributed by atoms with Gasteiger partial charge in [-0.15, -0.1) is 0 Å². The third-order valence-electron chi connectivity index (χ3n) is 3.41. The zero-order valence-corrected chi connectivity index (χ0v) is 12.4. The van der Waals surface area contributed by atoms with Gasteiger partial charge in [-0.25, -0.2) is 0 Å². The smallest absolute Gasteiger partial charge is 0.389 e. The summed E-state index contributed by atoms with van der Waals surface area (Å²) in [5.41, 5.74) is -0.862. The maximum absolute atomic E-state index is 12.4. The largest absolute Gasteiger partial charge is 0.429 e. The van der Waals surface area contributed by atoms with Crippen molar-refractivity contribution in [1.29, 1.82) is 0 Å². The Morgan fingerprint density at radius 1 is 1.41 bits per heavy atom. The lowest BCUT2D eigenvalue weighted by atomic mass is 10.1. The molecule has 17 heavy (non-hydrogen) atoms. The van der Waals surface area contributed by atoms with E-state index in [1.54, 1.807) is 6.92 Å². The average Bonchev–Trinajstić information content (AvgIpc) is 2.46. The van der Waals surface area contributed by atoms with Crippen LogP contribution < -0.4 is 0 Å². The van der Waals surface area contributed by atoms with Gasteiger partial charge in [0.15, 0.2) is 0 Å². The normalized spacial score (nSPS) is 38.3. The molecule has 1 aliphatic heterocycles. The van der Waals surface area contributed by atoms with Gasteiger partial charge >= 0.3 is 14.7 Å². The number of hydrogen-bond acceptors (Lipinski definition) is 3. The Kier molecular flexibility index (Phi) is 3.62. The molecule has 0 bridgehead atoms. The van der Waals surface area contributed by atoms with Crippen molar-refractivity contribution in [2.24, 2.45) is 0 Å². The first-order valence-electron chi connectivity index (χ1n) is 5.57. The summed E-state index contributed by atoms with van der Waals surface area (Å²) in [6.07, 6.45) is -5.02. The Bertz CT molecular complexity index is 301. The van der Waals surface area contributed by atoms with E-state index in [1.165, 1.54) is 19.6 Å². The zero-order valence-electron chi connectivity index (χ0n) is 10.4. The highest BCUT2D eigenvalue weighted by molar-refractivity contribution is 6.88. The fraction of sp³-hybridized carbons (Fsp3) is 1.00. The summed E-state index contributed by atoms with van der Waals surface area (Å²) < 4.78 is 42.7. The van der Waals surface area contributed by atoms with Gasteiger partial charge < -0.3 is 14.0 Å². The molecule has 1 rings (SSSR count). The Hall–Kier alpha value is 0.104. The van der Waals surface area contributed by atoms with E-state index >= 15 is 0 Å². The second kappa shape index (κ2) is 4.05. The van der Waals surface area contributed by atoms with Gasteiger partial charge in [0.25, 0.3) is 0 Å². The van der Waals surface area contributed by atoms with Gasteiger partial charge in [0, 0.05) is 12.0 Å². The van der Waals surface area contributed by atoms with Gasteiger partial charge in [-0.3, -0.25) is 0 Å². The van der Waals surface area contributed by atoms with E-state index in [4.69, 9.17) is 4.43 Å². The Balaban J connectivity index is 2.88. The molecule has 0 aromatic carbocycles. The molecule has 2 N–H and O–H groups in total. The number of halogens is 3. The molecule has 0 spiro atoms. The predicted octanol–water partition coefficient (Wildman–Crippen LogP) is 2.29. The minimum Gasteiger partial charge on any atom is -0.429 e.